The molecule has 0 aliphatic rings. The van der Waals surface area contributed by atoms with Gasteiger partial charge in [-0.15, -0.1) is 5.11 Å². The van der Waals surface area contributed by atoms with Gasteiger partial charge in [0.25, 0.3) is 0 Å². The predicted octanol–water partition coefficient (Wildman–Crippen LogP) is 3.62. The summed E-state index contributed by atoms with van der Waals surface area (Å²) in [6.45, 7) is 0. The van der Waals surface area contributed by atoms with Gasteiger partial charge in [0, 0.05) is 6.07 Å². The van der Waals surface area contributed by atoms with Crippen molar-refractivity contribution in [3.63, 3.8) is 0 Å². The molecule has 0 spiro atoms. The second kappa shape index (κ2) is 5.09. The largest absolute Gasteiger partial charge is 0.508 e. The predicted molar refractivity (Wildman–Crippen MR) is 76.4 cm³/mol. The molecule has 0 radical (unpaired) electrons. The normalized spacial score (nSPS) is 11.2. The summed E-state index contributed by atoms with van der Waals surface area (Å²) in [5.74, 6) is -0.398. The maximum absolute atomic E-state index is 11.8. The second-order valence-electron chi connectivity index (χ2n) is 4.30. The molecule has 21 heavy (non-hydrogen) atoms. The summed E-state index contributed by atoms with van der Waals surface area (Å²) in [5, 5.41) is 27.4. The Hall–Kier alpha value is -3.15. The lowest BCUT2D eigenvalue weighted by Gasteiger charge is -2.02. The molecule has 6 heteroatoms. The molecule has 0 aliphatic heterocycles. The molecule has 3 aromatic rings. The molecule has 6 nitrogen and oxygen atoms in total. The number of rotatable bonds is 2. The van der Waals surface area contributed by atoms with Crippen LogP contribution in [0.3, 0.4) is 0 Å². The summed E-state index contributed by atoms with van der Waals surface area (Å²) < 4.78 is 5.01. The van der Waals surface area contributed by atoms with Gasteiger partial charge in [-0.05, 0) is 24.3 Å². The fourth-order valence-corrected chi connectivity index (χ4v) is 1.85. The summed E-state index contributed by atoms with van der Waals surface area (Å²) in [4.78, 5) is 11.8. The minimum atomic E-state index is -0.828. The van der Waals surface area contributed by atoms with E-state index in [1.165, 1.54) is 18.2 Å². The van der Waals surface area contributed by atoms with E-state index in [4.69, 9.17) is 4.42 Å². The van der Waals surface area contributed by atoms with Crippen LogP contribution in [0.5, 0.6) is 11.5 Å². The molecule has 0 bridgehead atoms. The second-order valence-corrected chi connectivity index (χ2v) is 4.30. The van der Waals surface area contributed by atoms with Crippen molar-refractivity contribution in [2.24, 2.45) is 10.2 Å². The molecule has 1 aromatic heterocycles. The van der Waals surface area contributed by atoms with Crippen molar-refractivity contribution in [3.8, 4) is 11.5 Å². The van der Waals surface area contributed by atoms with Crippen LogP contribution < -0.4 is 5.63 Å². The van der Waals surface area contributed by atoms with Crippen LogP contribution in [0.15, 0.2) is 68.0 Å². The lowest BCUT2D eigenvalue weighted by molar-refractivity contribution is 0.464. The first-order valence-corrected chi connectivity index (χ1v) is 6.11. The molecule has 2 N–H and O–H groups in total. The minimum Gasteiger partial charge on any atom is -0.508 e. The Balaban J connectivity index is 2.13. The number of phenolic OH excluding ortho intramolecular Hbond substituents is 1. The number of azo groups is 1. The first-order chi connectivity index (χ1) is 10.1. The number of aromatic hydroxyl groups is 2. The number of hydrogen-bond acceptors (Lipinski definition) is 6. The fraction of sp³-hybridized carbons (Fsp3) is 0. The van der Waals surface area contributed by atoms with E-state index in [9.17, 15) is 15.0 Å². The van der Waals surface area contributed by atoms with Gasteiger partial charge in [0.2, 0.25) is 5.69 Å². The van der Waals surface area contributed by atoms with Crippen molar-refractivity contribution < 1.29 is 14.6 Å². The van der Waals surface area contributed by atoms with Gasteiger partial charge in [-0.3, -0.25) is 0 Å². The summed E-state index contributed by atoms with van der Waals surface area (Å²) >= 11 is 0. The third kappa shape index (κ3) is 2.46. The molecule has 0 aliphatic carbocycles. The molecule has 0 saturated carbocycles. The average Bonchev–Trinajstić information content (AvgIpc) is 2.47. The summed E-state index contributed by atoms with van der Waals surface area (Å²) in [6, 6.07) is 12.9. The Morgan fingerprint density at radius 2 is 1.71 bits per heavy atom. The van der Waals surface area contributed by atoms with Crippen LogP contribution in [0.4, 0.5) is 11.4 Å². The van der Waals surface area contributed by atoms with E-state index in [2.05, 4.69) is 10.2 Å². The highest BCUT2D eigenvalue weighted by Crippen LogP contribution is 2.33. The van der Waals surface area contributed by atoms with Crippen LogP contribution in [0.25, 0.3) is 11.0 Å². The zero-order chi connectivity index (χ0) is 14.8. The van der Waals surface area contributed by atoms with E-state index < -0.39 is 5.63 Å². The topological polar surface area (TPSA) is 95.4 Å². The minimum absolute atomic E-state index is 0.0660. The third-order valence-corrected chi connectivity index (χ3v) is 2.86. The van der Waals surface area contributed by atoms with Crippen molar-refractivity contribution in [2.75, 3.05) is 0 Å². The molecule has 0 unspecified atom stereocenters. The molecule has 3 rings (SSSR count). The molecule has 0 amide bonds. The van der Waals surface area contributed by atoms with E-state index >= 15 is 0 Å². The summed E-state index contributed by atoms with van der Waals surface area (Å²) in [7, 11) is 0. The molecule has 0 atom stereocenters. The van der Waals surface area contributed by atoms with Gasteiger partial charge < -0.3 is 14.6 Å². The molecule has 104 valence electrons. The van der Waals surface area contributed by atoms with Crippen molar-refractivity contribution in [3.05, 3.63) is 59.0 Å². The highest BCUT2D eigenvalue weighted by molar-refractivity contribution is 5.88. The van der Waals surface area contributed by atoms with Gasteiger partial charge in [0.1, 0.15) is 11.3 Å². The van der Waals surface area contributed by atoms with E-state index in [1.807, 2.05) is 6.07 Å². The number of phenols is 1. The monoisotopic (exact) mass is 282 g/mol. The number of nitrogens with zero attached hydrogens (tertiary/aromatic N) is 2. The average molecular weight is 282 g/mol. The van der Waals surface area contributed by atoms with Gasteiger partial charge in [-0.25, -0.2) is 4.79 Å². The van der Waals surface area contributed by atoms with E-state index in [0.29, 0.717) is 5.69 Å². The van der Waals surface area contributed by atoms with Crippen LogP contribution in [-0.2, 0) is 0 Å². The standard InChI is InChI=1S/C15H10N2O4/c18-10-6-7-11-12(8-10)21-15(20)13(14(11)19)17-16-9-4-2-1-3-5-9/h1-8,18-19H. The zero-order valence-electron chi connectivity index (χ0n) is 10.7. The maximum atomic E-state index is 11.8. The first kappa shape index (κ1) is 12.9. The van der Waals surface area contributed by atoms with Gasteiger partial charge in [0.15, 0.2) is 5.75 Å². The Morgan fingerprint density at radius 1 is 0.952 bits per heavy atom. The van der Waals surface area contributed by atoms with Crippen LogP contribution in [0.1, 0.15) is 0 Å². The highest BCUT2D eigenvalue weighted by Gasteiger charge is 2.14. The molecule has 2 aromatic carbocycles. The lowest BCUT2D eigenvalue weighted by Crippen LogP contribution is -1.98. The highest BCUT2D eigenvalue weighted by atomic mass is 16.4. The Bertz CT molecular complexity index is 885. The lowest BCUT2D eigenvalue weighted by atomic mass is 10.2. The Kier molecular flexibility index (Phi) is 3.12. The van der Waals surface area contributed by atoms with Crippen molar-refractivity contribution in [1.29, 1.82) is 0 Å². The van der Waals surface area contributed by atoms with E-state index in [0.717, 1.165) is 0 Å². The Morgan fingerprint density at radius 3 is 2.48 bits per heavy atom. The van der Waals surface area contributed by atoms with Crippen LogP contribution in [0, 0.1) is 0 Å². The third-order valence-electron chi connectivity index (χ3n) is 2.86. The summed E-state index contributed by atoms with van der Waals surface area (Å²) in [5.41, 5.74) is -0.486. The number of hydrogen-bond donors (Lipinski definition) is 2. The van der Waals surface area contributed by atoms with Crippen LogP contribution >= 0.6 is 0 Å². The Labute approximate surface area is 118 Å². The summed E-state index contributed by atoms with van der Waals surface area (Å²) in [6.07, 6.45) is 0. The van der Waals surface area contributed by atoms with Gasteiger partial charge >= 0.3 is 5.63 Å². The van der Waals surface area contributed by atoms with Crippen molar-refractivity contribution >= 4 is 22.3 Å². The van der Waals surface area contributed by atoms with Crippen molar-refractivity contribution in [1.82, 2.24) is 0 Å². The quantitative estimate of drug-likeness (QED) is 0.554. The van der Waals surface area contributed by atoms with E-state index in [-0.39, 0.29) is 28.2 Å². The molecular weight excluding hydrogens is 272 g/mol. The smallest absolute Gasteiger partial charge is 0.368 e. The van der Waals surface area contributed by atoms with Crippen molar-refractivity contribution in [2.45, 2.75) is 0 Å². The van der Waals surface area contributed by atoms with Gasteiger partial charge in [-0.2, -0.15) is 5.11 Å². The molecular formula is C15H10N2O4. The molecule has 0 saturated heterocycles. The fourth-order valence-electron chi connectivity index (χ4n) is 1.85. The maximum Gasteiger partial charge on any atom is 0.368 e. The van der Waals surface area contributed by atoms with Gasteiger partial charge in [0.05, 0.1) is 11.1 Å². The zero-order valence-corrected chi connectivity index (χ0v) is 10.7. The SMILES string of the molecule is O=c1oc2cc(O)ccc2c(O)c1N=Nc1ccccc1. The first-order valence-electron chi connectivity index (χ1n) is 6.11. The van der Waals surface area contributed by atoms with Crippen LogP contribution in [-0.4, -0.2) is 10.2 Å². The van der Waals surface area contributed by atoms with Crippen LogP contribution in [0.2, 0.25) is 0 Å². The number of benzene rings is 2. The van der Waals surface area contributed by atoms with Gasteiger partial charge in [-0.1, -0.05) is 18.2 Å². The molecule has 0 fully saturated rings. The van der Waals surface area contributed by atoms with E-state index in [1.54, 1.807) is 24.3 Å². The number of fused-ring (bicyclic) bond motifs is 1. The molecule has 1 heterocycles.